The summed E-state index contributed by atoms with van der Waals surface area (Å²) in [5.74, 6) is -0.627. The normalized spacial score (nSPS) is 21.8. The molecule has 1 aromatic rings. The van der Waals surface area contributed by atoms with E-state index in [1.165, 1.54) is 19.1 Å². The molecule has 2 atom stereocenters. The maximum atomic E-state index is 12.4. The van der Waals surface area contributed by atoms with Crippen LogP contribution in [-0.4, -0.2) is 57.2 Å². The average molecular weight is 418 g/mol. The monoisotopic (exact) mass is 417 g/mol. The Kier molecular flexibility index (Phi) is 5.81. The largest absolute Gasteiger partial charge is 0.489 e. The molecule has 0 aliphatic carbocycles. The van der Waals surface area contributed by atoms with Crippen molar-refractivity contribution in [3.63, 3.8) is 0 Å². The fourth-order valence-corrected chi connectivity index (χ4v) is 4.80. The second-order valence-electron chi connectivity index (χ2n) is 6.49. The molecule has 0 saturated carbocycles. The molecule has 1 amide bonds. The number of ether oxygens (including phenoxy) is 3. The van der Waals surface area contributed by atoms with Gasteiger partial charge in [0.15, 0.2) is 27.4 Å². The Hall–Kier alpha value is -2.00. The highest BCUT2D eigenvalue weighted by Crippen LogP contribution is 2.38. The number of rotatable bonds is 4. The fourth-order valence-electron chi connectivity index (χ4n) is 2.86. The molecule has 1 aromatic carbocycles. The highest BCUT2D eigenvalue weighted by Gasteiger charge is 2.31. The number of hydrogen-bond acceptors (Lipinski definition) is 7. The molecule has 2 heterocycles. The van der Waals surface area contributed by atoms with E-state index >= 15 is 0 Å². The van der Waals surface area contributed by atoms with Crippen molar-refractivity contribution < 1.29 is 32.2 Å². The third-order valence-corrected chi connectivity index (χ3v) is 6.32. The minimum atomic E-state index is -3.11. The summed E-state index contributed by atoms with van der Waals surface area (Å²) in [5.41, 5.74) is 0.132. The van der Waals surface area contributed by atoms with Crippen LogP contribution in [0.5, 0.6) is 11.5 Å². The lowest BCUT2D eigenvalue weighted by molar-refractivity contribution is -0.129. The van der Waals surface area contributed by atoms with Gasteiger partial charge in [-0.2, -0.15) is 0 Å². The van der Waals surface area contributed by atoms with Gasteiger partial charge in [0, 0.05) is 12.5 Å². The van der Waals surface area contributed by atoms with Crippen LogP contribution in [0.15, 0.2) is 12.1 Å². The van der Waals surface area contributed by atoms with E-state index in [0.29, 0.717) is 37.6 Å². The first-order valence-corrected chi connectivity index (χ1v) is 10.8. The van der Waals surface area contributed by atoms with Gasteiger partial charge < -0.3 is 19.5 Å². The molecule has 27 heavy (non-hydrogen) atoms. The van der Waals surface area contributed by atoms with E-state index in [0.717, 1.165) is 0 Å². The Labute approximate surface area is 162 Å². The van der Waals surface area contributed by atoms with Crippen LogP contribution >= 0.6 is 11.6 Å². The van der Waals surface area contributed by atoms with Gasteiger partial charge in [-0.05, 0) is 25.5 Å². The van der Waals surface area contributed by atoms with Crippen molar-refractivity contribution in [3.8, 4) is 11.5 Å². The highest BCUT2D eigenvalue weighted by molar-refractivity contribution is 7.91. The van der Waals surface area contributed by atoms with Crippen LogP contribution in [0.3, 0.4) is 0 Å². The van der Waals surface area contributed by atoms with Gasteiger partial charge in [-0.3, -0.25) is 4.79 Å². The van der Waals surface area contributed by atoms with E-state index < -0.39 is 33.9 Å². The standard InChI is InChI=1S/C17H20ClNO7S/c1-10(16(20)19-12-3-6-27(22,23)9-12)26-17(21)11-7-13(18)15-14(8-11)24-4-2-5-25-15/h7-8,10,12H,2-6,9H2,1H3,(H,19,20)/t10-,12+/m0/s1. The summed E-state index contributed by atoms with van der Waals surface area (Å²) in [5, 5.41) is 2.81. The Morgan fingerprint density at radius 2 is 2.04 bits per heavy atom. The fraction of sp³-hybridized carbons (Fsp3) is 0.529. The molecule has 1 saturated heterocycles. The molecule has 0 radical (unpaired) electrons. The molecule has 8 nitrogen and oxygen atoms in total. The summed E-state index contributed by atoms with van der Waals surface area (Å²) in [6.07, 6.45) is -0.0404. The lowest BCUT2D eigenvalue weighted by atomic mass is 10.2. The SMILES string of the molecule is C[C@H](OC(=O)c1cc(Cl)c2c(c1)OCCCO2)C(=O)N[C@@H]1CCS(=O)(=O)C1. The lowest BCUT2D eigenvalue weighted by Crippen LogP contribution is -2.42. The van der Waals surface area contributed by atoms with Gasteiger partial charge in [-0.1, -0.05) is 11.6 Å². The minimum Gasteiger partial charge on any atom is -0.489 e. The topological polar surface area (TPSA) is 108 Å². The van der Waals surface area contributed by atoms with Crippen LogP contribution in [0.4, 0.5) is 0 Å². The molecular weight excluding hydrogens is 398 g/mol. The summed E-state index contributed by atoms with van der Waals surface area (Å²) in [6.45, 7) is 2.32. The molecule has 2 aliphatic rings. The zero-order chi connectivity index (χ0) is 19.6. The number of halogens is 1. The zero-order valence-corrected chi connectivity index (χ0v) is 16.3. The summed E-state index contributed by atoms with van der Waals surface area (Å²) in [6, 6.07) is 2.39. The number of esters is 1. The number of fused-ring (bicyclic) bond motifs is 1. The molecule has 1 N–H and O–H groups in total. The van der Waals surface area contributed by atoms with Crippen LogP contribution in [0.2, 0.25) is 5.02 Å². The molecule has 10 heteroatoms. The number of sulfone groups is 1. The number of carbonyl (C=O) groups is 2. The first kappa shape index (κ1) is 19.8. The molecule has 0 spiro atoms. The predicted molar refractivity (Wildman–Crippen MR) is 97.1 cm³/mol. The Bertz CT molecular complexity index is 855. The summed E-state index contributed by atoms with van der Waals surface area (Å²) in [7, 11) is -3.11. The highest BCUT2D eigenvalue weighted by atomic mass is 35.5. The summed E-state index contributed by atoms with van der Waals surface area (Å²) >= 11 is 6.15. The van der Waals surface area contributed by atoms with Crippen molar-refractivity contribution in [1.29, 1.82) is 0 Å². The lowest BCUT2D eigenvalue weighted by Gasteiger charge is -2.17. The molecule has 0 unspecified atom stereocenters. The number of amides is 1. The molecule has 2 aliphatic heterocycles. The molecular formula is C17H20ClNO7S. The van der Waals surface area contributed by atoms with E-state index in [9.17, 15) is 18.0 Å². The quantitative estimate of drug-likeness (QED) is 0.736. The van der Waals surface area contributed by atoms with Crippen LogP contribution in [0, 0.1) is 0 Å². The van der Waals surface area contributed by atoms with Gasteiger partial charge in [0.2, 0.25) is 0 Å². The number of carbonyl (C=O) groups excluding carboxylic acids is 2. The first-order chi connectivity index (χ1) is 12.7. The van der Waals surface area contributed by atoms with Gasteiger partial charge in [0.25, 0.3) is 5.91 Å². The average Bonchev–Trinajstić information content (AvgIpc) is 2.80. The maximum Gasteiger partial charge on any atom is 0.339 e. The van der Waals surface area contributed by atoms with Crippen molar-refractivity contribution in [1.82, 2.24) is 5.32 Å². The van der Waals surface area contributed by atoms with Crippen LogP contribution in [0.25, 0.3) is 0 Å². The molecule has 1 fully saturated rings. The van der Waals surface area contributed by atoms with Crippen LogP contribution in [0.1, 0.15) is 30.1 Å². The van der Waals surface area contributed by atoms with Crippen molar-refractivity contribution in [2.24, 2.45) is 0 Å². The van der Waals surface area contributed by atoms with Crippen molar-refractivity contribution in [2.45, 2.75) is 31.9 Å². The summed E-state index contributed by atoms with van der Waals surface area (Å²) < 4.78 is 39.1. The Balaban J connectivity index is 1.63. The smallest absolute Gasteiger partial charge is 0.339 e. The molecule has 0 bridgehead atoms. The third-order valence-electron chi connectivity index (χ3n) is 4.27. The van der Waals surface area contributed by atoms with E-state index in [4.69, 9.17) is 25.8 Å². The van der Waals surface area contributed by atoms with Crippen molar-refractivity contribution in [2.75, 3.05) is 24.7 Å². The zero-order valence-electron chi connectivity index (χ0n) is 14.7. The molecule has 0 aromatic heterocycles. The first-order valence-electron chi connectivity index (χ1n) is 8.56. The minimum absolute atomic E-state index is 0.0435. The summed E-state index contributed by atoms with van der Waals surface area (Å²) in [4.78, 5) is 24.5. The second kappa shape index (κ2) is 7.93. The van der Waals surface area contributed by atoms with E-state index in [-0.39, 0.29) is 22.1 Å². The Morgan fingerprint density at radius 3 is 2.74 bits per heavy atom. The van der Waals surface area contributed by atoms with E-state index in [1.54, 1.807) is 0 Å². The van der Waals surface area contributed by atoms with Gasteiger partial charge in [0.05, 0.1) is 35.3 Å². The number of nitrogens with one attached hydrogen (secondary N) is 1. The van der Waals surface area contributed by atoms with Crippen LogP contribution < -0.4 is 14.8 Å². The van der Waals surface area contributed by atoms with Crippen LogP contribution in [-0.2, 0) is 19.4 Å². The van der Waals surface area contributed by atoms with Crippen molar-refractivity contribution >= 4 is 33.3 Å². The van der Waals surface area contributed by atoms with Crippen molar-refractivity contribution in [3.05, 3.63) is 22.7 Å². The molecule has 148 valence electrons. The maximum absolute atomic E-state index is 12.4. The van der Waals surface area contributed by atoms with Gasteiger partial charge >= 0.3 is 5.97 Å². The van der Waals surface area contributed by atoms with E-state index in [2.05, 4.69) is 5.32 Å². The van der Waals surface area contributed by atoms with Gasteiger partial charge in [-0.25, -0.2) is 13.2 Å². The third kappa shape index (κ3) is 4.84. The number of hydrogen-bond donors (Lipinski definition) is 1. The Morgan fingerprint density at radius 1 is 1.30 bits per heavy atom. The second-order valence-corrected chi connectivity index (χ2v) is 9.13. The van der Waals surface area contributed by atoms with Gasteiger partial charge in [0.1, 0.15) is 0 Å². The van der Waals surface area contributed by atoms with Gasteiger partial charge in [-0.15, -0.1) is 0 Å². The number of benzene rings is 1. The predicted octanol–water partition coefficient (Wildman–Crippen LogP) is 1.35. The van der Waals surface area contributed by atoms with E-state index in [1.807, 2.05) is 0 Å². The molecule has 3 rings (SSSR count).